The van der Waals surface area contributed by atoms with E-state index in [4.69, 9.17) is 30.2 Å². The average molecular weight is 373 g/mol. The first-order valence-corrected chi connectivity index (χ1v) is 8.15. The summed E-state index contributed by atoms with van der Waals surface area (Å²) in [5.74, 6) is 2.47. The number of hydrogen-bond acceptors (Lipinski definition) is 5. The van der Waals surface area contributed by atoms with Gasteiger partial charge in [0, 0.05) is 10.9 Å². The fourth-order valence-corrected chi connectivity index (χ4v) is 2.78. The molecule has 0 unspecified atom stereocenters. The Morgan fingerprint density at radius 1 is 0.962 bits per heavy atom. The molecule has 0 aliphatic heterocycles. The molecule has 0 radical (unpaired) electrons. The molecule has 3 aromatic rings. The van der Waals surface area contributed by atoms with Crippen LogP contribution in [0.5, 0.6) is 17.2 Å². The van der Waals surface area contributed by atoms with Gasteiger partial charge in [-0.25, -0.2) is 0 Å². The number of halogens is 1. The Hall–Kier alpha value is -2.92. The monoisotopic (exact) mass is 372 g/mol. The number of benzene rings is 2. The number of allylic oxidation sites excluding steroid dienone is 1. The fourth-order valence-electron chi connectivity index (χ4n) is 2.71. The first-order valence-electron chi connectivity index (χ1n) is 7.78. The molecule has 5 nitrogen and oxygen atoms in total. The second-order valence-corrected chi connectivity index (χ2v) is 5.79. The quantitative estimate of drug-likeness (QED) is 0.454. The number of carbonyl (C=O) groups is 1. The Morgan fingerprint density at radius 3 is 2.31 bits per heavy atom. The topological polar surface area (TPSA) is 57.9 Å². The second-order valence-electron chi connectivity index (χ2n) is 5.42. The molecule has 6 heteroatoms. The van der Waals surface area contributed by atoms with Crippen molar-refractivity contribution in [1.29, 1.82) is 0 Å². The average Bonchev–Trinajstić information content (AvgIpc) is 3.10. The van der Waals surface area contributed by atoms with Gasteiger partial charge in [-0.15, -0.1) is 0 Å². The number of hydrogen-bond donors (Lipinski definition) is 0. The zero-order valence-electron chi connectivity index (χ0n) is 14.5. The number of carbonyl (C=O) groups excluding carboxylic acids is 1. The van der Waals surface area contributed by atoms with Crippen LogP contribution in [0, 0.1) is 0 Å². The molecule has 0 atom stereocenters. The summed E-state index contributed by atoms with van der Waals surface area (Å²) in [6, 6.07) is 11.0. The summed E-state index contributed by atoms with van der Waals surface area (Å²) in [4.78, 5) is 11.0. The van der Waals surface area contributed by atoms with Crippen molar-refractivity contribution in [2.45, 2.75) is 0 Å². The lowest BCUT2D eigenvalue weighted by Crippen LogP contribution is -1.90. The van der Waals surface area contributed by atoms with Crippen molar-refractivity contribution in [1.82, 2.24) is 0 Å². The van der Waals surface area contributed by atoms with Gasteiger partial charge in [-0.05, 0) is 59.6 Å². The minimum absolute atomic E-state index is 0.544. The lowest BCUT2D eigenvalue weighted by atomic mass is 10.1. The standard InChI is InChI=1S/C20H17ClO5/c1-23-15-7-5-13(10-18(15)25-3)17-11-14-12(6-9-19(21)22)4-8-16(24-2)20(14)26-17/h4-11H,1-3H3/b9-6+. The highest BCUT2D eigenvalue weighted by molar-refractivity contribution is 6.66. The number of ether oxygens (including phenoxy) is 3. The first-order chi connectivity index (χ1) is 12.6. The van der Waals surface area contributed by atoms with E-state index in [1.54, 1.807) is 33.5 Å². The smallest absolute Gasteiger partial charge is 0.245 e. The van der Waals surface area contributed by atoms with Crippen LogP contribution in [0.1, 0.15) is 5.56 Å². The second kappa shape index (κ2) is 7.54. The van der Waals surface area contributed by atoms with E-state index in [0.29, 0.717) is 28.6 Å². The molecule has 2 aromatic carbocycles. The van der Waals surface area contributed by atoms with Gasteiger partial charge in [-0.3, -0.25) is 4.79 Å². The molecular formula is C20H17ClO5. The van der Waals surface area contributed by atoms with Crippen molar-refractivity contribution in [2.24, 2.45) is 0 Å². The fraction of sp³-hybridized carbons (Fsp3) is 0.150. The molecule has 0 aliphatic carbocycles. The van der Waals surface area contributed by atoms with Crippen LogP contribution in [0.2, 0.25) is 0 Å². The van der Waals surface area contributed by atoms with Crippen LogP contribution >= 0.6 is 11.6 Å². The van der Waals surface area contributed by atoms with Crippen molar-refractivity contribution < 1.29 is 23.4 Å². The predicted molar refractivity (Wildman–Crippen MR) is 101 cm³/mol. The molecule has 0 N–H and O–H groups in total. The van der Waals surface area contributed by atoms with E-state index in [0.717, 1.165) is 16.5 Å². The zero-order valence-corrected chi connectivity index (χ0v) is 15.3. The van der Waals surface area contributed by atoms with Gasteiger partial charge >= 0.3 is 0 Å². The number of rotatable bonds is 6. The minimum atomic E-state index is -0.544. The Kier molecular flexibility index (Phi) is 5.19. The zero-order chi connectivity index (χ0) is 18.7. The number of methoxy groups -OCH3 is 3. The maximum atomic E-state index is 11.0. The molecule has 0 amide bonds. The van der Waals surface area contributed by atoms with Crippen LogP contribution in [0.25, 0.3) is 28.4 Å². The van der Waals surface area contributed by atoms with E-state index in [2.05, 4.69) is 0 Å². The van der Waals surface area contributed by atoms with Gasteiger partial charge in [0.15, 0.2) is 22.8 Å². The van der Waals surface area contributed by atoms with E-state index in [-0.39, 0.29) is 0 Å². The minimum Gasteiger partial charge on any atom is -0.493 e. The van der Waals surface area contributed by atoms with Gasteiger partial charge < -0.3 is 18.6 Å². The Morgan fingerprint density at radius 2 is 1.65 bits per heavy atom. The molecule has 0 fully saturated rings. The molecule has 0 bridgehead atoms. The van der Waals surface area contributed by atoms with Gasteiger partial charge in [-0.1, -0.05) is 6.07 Å². The number of furan rings is 1. The van der Waals surface area contributed by atoms with E-state index in [1.807, 2.05) is 30.3 Å². The van der Waals surface area contributed by atoms with Gasteiger partial charge in [0.1, 0.15) is 5.76 Å². The third-order valence-corrected chi connectivity index (χ3v) is 4.09. The van der Waals surface area contributed by atoms with Crippen LogP contribution in [0.4, 0.5) is 0 Å². The van der Waals surface area contributed by atoms with E-state index in [1.165, 1.54) is 6.08 Å². The first kappa shape index (κ1) is 17.9. The molecule has 3 rings (SSSR count). The molecule has 0 saturated heterocycles. The van der Waals surface area contributed by atoms with E-state index < -0.39 is 5.24 Å². The summed E-state index contributed by atoms with van der Waals surface area (Å²) in [6.07, 6.45) is 2.94. The van der Waals surface area contributed by atoms with Gasteiger partial charge in [0.25, 0.3) is 0 Å². The maximum Gasteiger partial charge on any atom is 0.245 e. The van der Waals surface area contributed by atoms with Gasteiger partial charge in [-0.2, -0.15) is 0 Å². The summed E-state index contributed by atoms with van der Waals surface area (Å²) >= 11 is 5.40. The Bertz CT molecular complexity index is 987. The van der Waals surface area contributed by atoms with Crippen molar-refractivity contribution in [3.8, 4) is 28.6 Å². The maximum absolute atomic E-state index is 11.0. The SMILES string of the molecule is COc1ccc(-c2cc3c(/C=C/C(=O)Cl)ccc(OC)c3o2)cc1OC. The normalized spacial score (nSPS) is 11.1. The highest BCUT2D eigenvalue weighted by Crippen LogP contribution is 2.38. The van der Waals surface area contributed by atoms with Crippen molar-refractivity contribution in [3.05, 3.63) is 48.0 Å². The summed E-state index contributed by atoms with van der Waals surface area (Å²) in [5, 5.41) is 0.265. The van der Waals surface area contributed by atoms with E-state index >= 15 is 0 Å². The van der Waals surface area contributed by atoms with E-state index in [9.17, 15) is 4.79 Å². The van der Waals surface area contributed by atoms with Crippen molar-refractivity contribution in [3.63, 3.8) is 0 Å². The van der Waals surface area contributed by atoms with Gasteiger partial charge in [0.05, 0.1) is 21.3 Å². The molecule has 1 heterocycles. The molecule has 26 heavy (non-hydrogen) atoms. The largest absolute Gasteiger partial charge is 0.493 e. The lowest BCUT2D eigenvalue weighted by molar-refractivity contribution is -0.107. The summed E-state index contributed by atoms with van der Waals surface area (Å²) in [6.45, 7) is 0. The highest BCUT2D eigenvalue weighted by atomic mass is 35.5. The molecular weight excluding hydrogens is 356 g/mol. The summed E-state index contributed by atoms with van der Waals surface area (Å²) in [7, 11) is 4.74. The molecule has 0 saturated carbocycles. The molecule has 0 spiro atoms. The third-order valence-electron chi connectivity index (χ3n) is 3.96. The number of fused-ring (bicyclic) bond motifs is 1. The summed E-state index contributed by atoms with van der Waals surface area (Å²) < 4.78 is 22.0. The van der Waals surface area contributed by atoms with Crippen LogP contribution in [-0.4, -0.2) is 26.6 Å². The Labute approximate surface area is 155 Å². The highest BCUT2D eigenvalue weighted by Gasteiger charge is 2.15. The lowest BCUT2D eigenvalue weighted by Gasteiger charge is -2.08. The van der Waals surface area contributed by atoms with Crippen LogP contribution in [0.15, 0.2) is 46.9 Å². The van der Waals surface area contributed by atoms with Crippen LogP contribution in [0.3, 0.4) is 0 Å². The van der Waals surface area contributed by atoms with Crippen LogP contribution < -0.4 is 14.2 Å². The summed E-state index contributed by atoms with van der Waals surface area (Å²) in [5.41, 5.74) is 2.20. The molecule has 0 aliphatic rings. The predicted octanol–water partition coefficient (Wildman–Crippen LogP) is 4.90. The Balaban J connectivity index is 2.16. The van der Waals surface area contributed by atoms with Crippen molar-refractivity contribution in [2.75, 3.05) is 21.3 Å². The van der Waals surface area contributed by atoms with Gasteiger partial charge in [0.2, 0.25) is 5.24 Å². The van der Waals surface area contributed by atoms with Crippen LogP contribution in [-0.2, 0) is 4.79 Å². The van der Waals surface area contributed by atoms with Crippen molar-refractivity contribution >= 4 is 33.9 Å². The molecule has 1 aromatic heterocycles. The molecule has 134 valence electrons. The third kappa shape index (κ3) is 3.39.